The van der Waals surface area contributed by atoms with Crippen LogP contribution in [0, 0.1) is 5.92 Å². The third kappa shape index (κ3) is 5.25. The van der Waals surface area contributed by atoms with Gasteiger partial charge in [0.1, 0.15) is 5.75 Å². The smallest absolute Gasteiger partial charge is 0.221 e. The monoisotopic (exact) mass is 434 g/mol. The SMILES string of the molecule is COc1cccc(C(NC(=O)CC2CC3CCC(C2)N3)c2ccccc2Cl)c1.Cl. The Morgan fingerprint density at radius 2 is 1.90 bits per heavy atom. The number of methoxy groups -OCH3 is 1. The molecular weight excluding hydrogens is 407 g/mol. The predicted octanol–water partition coefficient (Wildman–Crippen LogP) is 4.90. The summed E-state index contributed by atoms with van der Waals surface area (Å²) >= 11 is 6.47. The number of amides is 1. The second kappa shape index (κ2) is 9.84. The van der Waals surface area contributed by atoms with Gasteiger partial charge in [0, 0.05) is 23.5 Å². The predicted molar refractivity (Wildman–Crippen MR) is 119 cm³/mol. The fourth-order valence-electron chi connectivity index (χ4n) is 4.69. The van der Waals surface area contributed by atoms with E-state index in [1.165, 1.54) is 12.8 Å². The van der Waals surface area contributed by atoms with Gasteiger partial charge < -0.3 is 15.4 Å². The lowest BCUT2D eigenvalue weighted by Gasteiger charge is -2.29. The number of halogens is 2. The molecule has 2 aliphatic heterocycles. The molecule has 6 heteroatoms. The number of fused-ring (bicyclic) bond motifs is 2. The summed E-state index contributed by atoms with van der Waals surface area (Å²) in [5.74, 6) is 1.30. The molecule has 0 aliphatic carbocycles. The highest BCUT2D eigenvalue weighted by Gasteiger charge is 2.34. The Hall–Kier alpha value is -1.75. The molecule has 0 saturated carbocycles. The zero-order chi connectivity index (χ0) is 19.5. The number of piperidine rings is 1. The largest absolute Gasteiger partial charge is 0.497 e. The number of hydrogen-bond acceptors (Lipinski definition) is 3. The lowest BCUT2D eigenvalue weighted by molar-refractivity contribution is -0.122. The van der Waals surface area contributed by atoms with E-state index in [4.69, 9.17) is 16.3 Å². The van der Waals surface area contributed by atoms with Gasteiger partial charge in [-0.25, -0.2) is 0 Å². The summed E-state index contributed by atoms with van der Waals surface area (Å²) in [6.07, 6.45) is 5.25. The maximum Gasteiger partial charge on any atom is 0.221 e. The molecule has 2 saturated heterocycles. The van der Waals surface area contributed by atoms with Crippen molar-refractivity contribution in [3.05, 3.63) is 64.7 Å². The summed E-state index contributed by atoms with van der Waals surface area (Å²) in [5, 5.41) is 7.53. The fraction of sp³-hybridized carbons (Fsp3) is 0.435. The van der Waals surface area contributed by atoms with Gasteiger partial charge in [-0.1, -0.05) is 41.9 Å². The molecule has 4 rings (SSSR count). The first kappa shape index (κ1) is 21.9. The summed E-state index contributed by atoms with van der Waals surface area (Å²) in [7, 11) is 1.65. The molecule has 0 spiro atoms. The summed E-state index contributed by atoms with van der Waals surface area (Å²) < 4.78 is 5.38. The van der Waals surface area contributed by atoms with Crippen molar-refractivity contribution >= 4 is 29.9 Å². The quantitative estimate of drug-likeness (QED) is 0.679. The molecule has 2 aliphatic rings. The van der Waals surface area contributed by atoms with Crippen LogP contribution in [0.15, 0.2) is 48.5 Å². The third-order valence-corrected chi connectivity index (χ3v) is 6.34. The molecule has 2 bridgehead atoms. The Balaban J connectivity index is 0.00000240. The number of ether oxygens (including phenoxy) is 1. The van der Waals surface area contributed by atoms with E-state index in [0.29, 0.717) is 29.4 Å². The van der Waals surface area contributed by atoms with Crippen LogP contribution >= 0.6 is 24.0 Å². The maximum atomic E-state index is 13.0. The zero-order valence-corrected chi connectivity index (χ0v) is 18.1. The first-order valence-corrected chi connectivity index (χ1v) is 10.4. The van der Waals surface area contributed by atoms with Crippen molar-refractivity contribution in [2.75, 3.05) is 7.11 Å². The normalized spacial score (nSPS) is 23.7. The number of rotatable bonds is 6. The number of nitrogens with one attached hydrogen (secondary N) is 2. The van der Waals surface area contributed by atoms with E-state index in [2.05, 4.69) is 10.6 Å². The Kier molecular flexibility index (Phi) is 7.44. The van der Waals surface area contributed by atoms with Crippen molar-refractivity contribution in [2.45, 2.75) is 50.2 Å². The molecule has 4 nitrogen and oxygen atoms in total. The highest BCUT2D eigenvalue weighted by Crippen LogP contribution is 2.34. The van der Waals surface area contributed by atoms with Gasteiger partial charge in [0.05, 0.1) is 13.2 Å². The minimum atomic E-state index is -0.297. The van der Waals surface area contributed by atoms with Crippen LogP contribution in [0.1, 0.15) is 49.3 Å². The van der Waals surface area contributed by atoms with Crippen LogP contribution in [0.25, 0.3) is 0 Å². The Morgan fingerprint density at radius 3 is 2.59 bits per heavy atom. The second-order valence-electron chi connectivity index (χ2n) is 7.98. The fourth-order valence-corrected chi connectivity index (χ4v) is 4.94. The van der Waals surface area contributed by atoms with Crippen molar-refractivity contribution in [1.82, 2.24) is 10.6 Å². The highest BCUT2D eigenvalue weighted by molar-refractivity contribution is 6.31. The van der Waals surface area contributed by atoms with Gasteiger partial charge in [0.15, 0.2) is 0 Å². The summed E-state index contributed by atoms with van der Waals surface area (Å²) in [6.45, 7) is 0. The number of carbonyl (C=O) groups excluding carboxylic acids is 1. The van der Waals surface area contributed by atoms with Gasteiger partial charge >= 0.3 is 0 Å². The molecule has 3 unspecified atom stereocenters. The van der Waals surface area contributed by atoms with E-state index in [1.54, 1.807) is 7.11 Å². The molecule has 0 radical (unpaired) electrons. The van der Waals surface area contributed by atoms with Crippen LogP contribution in [-0.2, 0) is 4.79 Å². The standard InChI is InChI=1S/C23H27ClN2O2.ClH/c1-28-19-6-4-5-16(14-19)23(20-7-2-3-8-21(20)24)26-22(27)13-15-11-17-9-10-18(12-15)25-17;/h2-8,14-15,17-18,23,25H,9-13H2,1H3,(H,26,27);1H. The van der Waals surface area contributed by atoms with E-state index >= 15 is 0 Å². The second-order valence-corrected chi connectivity index (χ2v) is 8.39. The molecule has 2 fully saturated rings. The number of carbonyl (C=O) groups is 1. The third-order valence-electron chi connectivity index (χ3n) is 5.99. The van der Waals surface area contributed by atoms with Gasteiger partial charge in [-0.3, -0.25) is 4.79 Å². The minimum absolute atomic E-state index is 0. The molecule has 2 aromatic rings. The summed E-state index contributed by atoms with van der Waals surface area (Å²) in [4.78, 5) is 13.0. The average Bonchev–Trinajstić information content (AvgIpc) is 3.05. The maximum absolute atomic E-state index is 13.0. The lowest BCUT2D eigenvalue weighted by Crippen LogP contribution is -2.40. The van der Waals surface area contributed by atoms with Crippen LogP contribution in [0.2, 0.25) is 5.02 Å². The van der Waals surface area contributed by atoms with E-state index in [9.17, 15) is 4.79 Å². The molecule has 156 valence electrons. The van der Waals surface area contributed by atoms with Gasteiger partial charge in [-0.05, 0) is 60.9 Å². The van der Waals surface area contributed by atoms with Crippen LogP contribution < -0.4 is 15.4 Å². The first-order chi connectivity index (χ1) is 13.6. The average molecular weight is 435 g/mol. The van der Waals surface area contributed by atoms with Crippen LogP contribution in [0.5, 0.6) is 5.75 Å². The van der Waals surface area contributed by atoms with Crippen molar-refractivity contribution in [3.8, 4) is 5.75 Å². The number of benzene rings is 2. The van der Waals surface area contributed by atoms with Crippen molar-refractivity contribution in [3.63, 3.8) is 0 Å². The van der Waals surface area contributed by atoms with Crippen molar-refractivity contribution in [1.29, 1.82) is 0 Å². The molecule has 2 aromatic carbocycles. The molecule has 1 amide bonds. The first-order valence-electron chi connectivity index (χ1n) is 10.1. The Morgan fingerprint density at radius 1 is 1.17 bits per heavy atom. The van der Waals surface area contributed by atoms with E-state index < -0.39 is 0 Å². The molecule has 0 aromatic heterocycles. The highest BCUT2D eigenvalue weighted by atomic mass is 35.5. The number of hydrogen-bond donors (Lipinski definition) is 2. The topological polar surface area (TPSA) is 50.4 Å². The Bertz CT molecular complexity index is 833. The van der Waals surface area contributed by atoms with Gasteiger partial charge in [-0.2, -0.15) is 0 Å². The molecule has 2 N–H and O–H groups in total. The molecule has 3 atom stereocenters. The van der Waals surface area contributed by atoms with Gasteiger partial charge in [0.25, 0.3) is 0 Å². The van der Waals surface area contributed by atoms with Crippen LogP contribution in [-0.4, -0.2) is 25.1 Å². The lowest BCUT2D eigenvalue weighted by atomic mass is 9.89. The van der Waals surface area contributed by atoms with Gasteiger partial charge in [-0.15, -0.1) is 12.4 Å². The zero-order valence-electron chi connectivity index (χ0n) is 16.6. The summed E-state index contributed by atoms with van der Waals surface area (Å²) in [6, 6.07) is 16.4. The van der Waals surface area contributed by atoms with Crippen molar-refractivity contribution < 1.29 is 9.53 Å². The molecule has 29 heavy (non-hydrogen) atoms. The van der Waals surface area contributed by atoms with Crippen LogP contribution in [0.3, 0.4) is 0 Å². The van der Waals surface area contributed by atoms with E-state index in [1.807, 2.05) is 48.5 Å². The van der Waals surface area contributed by atoms with E-state index in [-0.39, 0.29) is 24.4 Å². The van der Waals surface area contributed by atoms with Crippen molar-refractivity contribution in [2.24, 2.45) is 5.92 Å². The van der Waals surface area contributed by atoms with E-state index in [0.717, 1.165) is 29.7 Å². The van der Waals surface area contributed by atoms with Crippen LogP contribution in [0.4, 0.5) is 0 Å². The van der Waals surface area contributed by atoms with Gasteiger partial charge in [0.2, 0.25) is 5.91 Å². The summed E-state index contributed by atoms with van der Waals surface area (Å²) in [5.41, 5.74) is 1.86. The Labute approximate surface area is 183 Å². The molecule has 2 heterocycles. The molecular formula is C23H28Cl2N2O2. The minimum Gasteiger partial charge on any atom is -0.497 e.